The second-order valence-corrected chi connectivity index (χ2v) is 4.51. The number of Topliss-reactive ketones (excluding diaryl/α,β-unsaturated/α-hetero) is 1. The third-order valence-corrected chi connectivity index (χ3v) is 3.49. The van der Waals surface area contributed by atoms with Gasteiger partial charge in [-0.25, -0.2) is 4.79 Å². The number of esters is 1. The number of ketones is 1. The number of benzene rings is 1. The van der Waals surface area contributed by atoms with Crippen LogP contribution in [-0.2, 0) is 14.9 Å². The lowest BCUT2D eigenvalue weighted by Gasteiger charge is -2.10. The number of carbonyl (C=O) groups is 2. The van der Waals surface area contributed by atoms with E-state index >= 15 is 0 Å². The summed E-state index contributed by atoms with van der Waals surface area (Å²) in [6.45, 7) is 1.43. The van der Waals surface area contributed by atoms with E-state index in [-0.39, 0.29) is 5.78 Å². The zero-order valence-corrected chi connectivity index (χ0v) is 11.8. The van der Waals surface area contributed by atoms with E-state index in [1.165, 1.54) is 14.0 Å². The van der Waals surface area contributed by atoms with Gasteiger partial charge in [0.05, 0.1) is 12.7 Å². The van der Waals surface area contributed by atoms with Crippen LogP contribution < -0.4 is 0 Å². The Balaban J connectivity index is 3.17. The first-order valence-corrected chi connectivity index (χ1v) is 6.48. The van der Waals surface area contributed by atoms with E-state index in [1.807, 2.05) is 0 Å². The normalized spacial score (nSPS) is 12.0. The predicted molar refractivity (Wildman–Crippen MR) is 69.7 cm³/mol. The lowest BCUT2D eigenvalue weighted by molar-refractivity contribution is -0.116. The van der Waals surface area contributed by atoms with E-state index in [2.05, 4.69) is 20.7 Å². The second kappa shape index (κ2) is 6.17. The van der Waals surface area contributed by atoms with E-state index < -0.39 is 11.3 Å². The average molecular weight is 320 g/mol. The fraction of sp³-hybridized carbons (Fsp3) is 0.333. The highest BCUT2D eigenvalue weighted by Gasteiger charge is 2.17. The number of hydrogen-bond acceptors (Lipinski definition) is 3. The van der Waals surface area contributed by atoms with Gasteiger partial charge in [0.1, 0.15) is 5.38 Å². The molecule has 1 atom stereocenters. The highest BCUT2D eigenvalue weighted by molar-refractivity contribution is 9.08. The Kier molecular flexibility index (Phi) is 5.15. The van der Waals surface area contributed by atoms with Crippen LogP contribution in [0.1, 0.15) is 33.8 Å². The topological polar surface area (TPSA) is 43.4 Å². The van der Waals surface area contributed by atoms with Gasteiger partial charge in [0.2, 0.25) is 0 Å². The van der Waals surface area contributed by atoms with Crippen LogP contribution in [0.4, 0.5) is 0 Å². The van der Waals surface area contributed by atoms with Crippen LogP contribution in [0, 0.1) is 0 Å². The number of carbonyl (C=O) groups excluding carboxylic acids is 2. The van der Waals surface area contributed by atoms with Crippen LogP contribution in [0.25, 0.3) is 0 Å². The summed E-state index contributed by atoms with van der Waals surface area (Å²) < 4.78 is 4.67. The zero-order valence-electron chi connectivity index (χ0n) is 9.50. The maximum Gasteiger partial charge on any atom is 0.338 e. The molecule has 0 aliphatic rings. The first-order valence-electron chi connectivity index (χ1n) is 4.93. The minimum absolute atomic E-state index is 0.127. The van der Waals surface area contributed by atoms with Crippen molar-refractivity contribution in [3.05, 3.63) is 34.9 Å². The average Bonchev–Trinajstić information content (AvgIpc) is 2.35. The monoisotopic (exact) mass is 318 g/mol. The van der Waals surface area contributed by atoms with Gasteiger partial charge in [0.25, 0.3) is 0 Å². The van der Waals surface area contributed by atoms with Crippen molar-refractivity contribution in [2.75, 3.05) is 7.11 Å². The van der Waals surface area contributed by atoms with Gasteiger partial charge in [-0.2, -0.15) is 0 Å². The molecule has 1 aromatic carbocycles. The largest absolute Gasteiger partial charge is 0.465 e. The van der Waals surface area contributed by atoms with Gasteiger partial charge in [0.15, 0.2) is 5.78 Å². The molecule has 1 rings (SSSR count). The number of hydrogen-bond donors (Lipinski definition) is 0. The summed E-state index contributed by atoms with van der Waals surface area (Å²) in [5, 5.41) is -0.188. The number of rotatable bonds is 4. The molecule has 0 saturated carbocycles. The lowest BCUT2D eigenvalue weighted by Crippen LogP contribution is -2.07. The Hall–Kier alpha value is -0.870. The zero-order chi connectivity index (χ0) is 13.0. The van der Waals surface area contributed by atoms with Crippen LogP contribution in [0.2, 0.25) is 0 Å². The van der Waals surface area contributed by atoms with Crippen LogP contribution in [0.15, 0.2) is 18.2 Å². The first-order chi connectivity index (χ1) is 8.01. The van der Waals surface area contributed by atoms with E-state index in [0.29, 0.717) is 16.5 Å². The van der Waals surface area contributed by atoms with Crippen LogP contribution in [-0.4, -0.2) is 18.9 Å². The molecular formula is C12H12BrClO3. The maximum atomic E-state index is 11.5. The Bertz CT molecular complexity index is 445. The van der Waals surface area contributed by atoms with Gasteiger partial charge in [-0.3, -0.25) is 4.79 Å². The summed E-state index contributed by atoms with van der Waals surface area (Å²) in [6, 6.07) is 5.02. The molecule has 0 aliphatic heterocycles. The number of halogens is 2. The molecule has 0 heterocycles. The Morgan fingerprint density at radius 2 is 2.12 bits per heavy atom. The van der Waals surface area contributed by atoms with Crippen LogP contribution >= 0.6 is 27.5 Å². The van der Waals surface area contributed by atoms with Crippen LogP contribution in [0.3, 0.4) is 0 Å². The summed E-state index contributed by atoms with van der Waals surface area (Å²) in [5.74, 6) is -0.530. The quantitative estimate of drug-likeness (QED) is 0.632. The fourth-order valence-corrected chi connectivity index (χ4v) is 2.03. The van der Waals surface area contributed by atoms with E-state index in [1.54, 1.807) is 18.2 Å². The third-order valence-electron chi connectivity index (χ3n) is 2.33. The first kappa shape index (κ1) is 14.2. The third kappa shape index (κ3) is 3.30. The highest BCUT2D eigenvalue weighted by Crippen LogP contribution is 2.25. The molecule has 0 amide bonds. The molecule has 0 saturated heterocycles. The molecule has 3 nitrogen and oxygen atoms in total. The fourth-order valence-electron chi connectivity index (χ4n) is 1.43. The van der Waals surface area contributed by atoms with Crippen molar-refractivity contribution in [1.29, 1.82) is 0 Å². The molecule has 0 bridgehead atoms. The molecular weight excluding hydrogens is 307 g/mol. The van der Waals surface area contributed by atoms with Crippen LogP contribution in [0.5, 0.6) is 0 Å². The standard InChI is InChI=1S/C12H12BrClO3/c1-7(15)11(14)8-3-4-10(12(16)17-2)9(5-8)6-13/h3-5,11H,6H2,1-2H3. The van der Waals surface area contributed by atoms with Crippen molar-refractivity contribution in [3.63, 3.8) is 0 Å². The molecule has 0 aliphatic carbocycles. The van der Waals surface area contributed by atoms with E-state index in [9.17, 15) is 9.59 Å². The van der Waals surface area contributed by atoms with Gasteiger partial charge in [-0.1, -0.05) is 28.1 Å². The molecule has 0 aromatic heterocycles. The van der Waals surface area contributed by atoms with Gasteiger partial charge in [-0.15, -0.1) is 11.6 Å². The SMILES string of the molecule is COC(=O)c1ccc(C(Cl)C(C)=O)cc1CBr. The number of methoxy groups -OCH3 is 1. The lowest BCUT2D eigenvalue weighted by atomic mass is 10.0. The maximum absolute atomic E-state index is 11.5. The summed E-state index contributed by atoms with van der Waals surface area (Å²) in [5.41, 5.74) is 1.91. The van der Waals surface area contributed by atoms with E-state index in [4.69, 9.17) is 11.6 Å². The van der Waals surface area contributed by atoms with Gasteiger partial charge in [-0.05, 0) is 24.1 Å². The van der Waals surface area contributed by atoms with Gasteiger partial charge in [0, 0.05) is 5.33 Å². The van der Waals surface area contributed by atoms with Crippen molar-refractivity contribution in [2.45, 2.75) is 17.6 Å². The number of ether oxygens (including phenoxy) is 1. The molecule has 5 heteroatoms. The summed E-state index contributed by atoms with van der Waals surface area (Å²) in [4.78, 5) is 22.6. The molecule has 1 unspecified atom stereocenters. The van der Waals surface area contributed by atoms with Crippen molar-refractivity contribution >= 4 is 39.3 Å². The molecule has 92 valence electrons. The van der Waals surface area contributed by atoms with Gasteiger partial charge >= 0.3 is 5.97 Å². The Labute approximate surface area is 113 Å². The molecule has 1 aromatic rings. The van der Waals surface area contributed by atoms with E-state index in [0.717, 1.165) is 5.56 Å². The second-order valence-electron chi connectivity index (χ2n) is 3.52. The smallest absolute Gasteiger partial charge is 0.338 e. The summed E-state index contributed by atoms with van der Waals surface area (Å²) >= 11 is 9.25. The Morgan fingerprint density at radius 1 is 1.47 bits per heavy atom. The minimum atomic E-state index is -0.681. The predicted octanol–water partition coefficient (Wildman–Crippen LogP) is 3.24. The molecule has 0 spiro atoms. The minimum Gasteiger partial charge on any atom is -0.465 e. The van der Waals surface area contributed by atoms with Crippen molar-refractivity contribution < 1.29 is 14.3 Å². The molecule has 0 radical (unpaired) electrons. The van der Waals surface area contributed by atoms with Crippen molar-refractivity contribution in [3.8, 4) is 0 Å². The summed E-state index contributed by atoms with van der Waals surface area (Å²) in [6.07, 6.45) is 0. The Morgan fingerprint density at radius 3 is 2.59 bits per heavy atom. The van der Waals surface area contributed by atoms with Crippen molar-refractivity contribution in [2.24, 2.45) is 0 Å². The molecule has 0 fully saturated rings. The summed E-state index contributed by atoms with van der Waals surface area (Å²) in [7, 11) is 1.33. The highest BCUT2D eigenvalue weighted by atomic mass is 79.9. The van der Waals surface area contributed by atoms with Gasteiger partial charge < -0.3 is 4.74 Å². The molecule has 0 N–H and O–H groups in total. The number of alkyl halides is 2. The molecule has 17 heavy (non-hydrogen) atoms. The van der Waals surface area contributed by atoms with Crippen molar-refractivity contribution in [1.82, 2.24) is 0 Å².